The molecule has 0 bridgehead atoms. The molecule has 1 aliphatic carbocycles. The first-order valence-electron chi connectivity index (χ1n) is 3.91. The third-order valence-corrected chi connectivity index (χ3v) is 3.21. The predicted octanol–water partition coefficient (Wildman–Crippen LogP) is 1.97. The van der Waals surface area contributed by atoms with Gasteiger partial charge in [0.25, 0.3) is 0 Å². The molecule has 1 aliphatic rings. The molecule has 2 atom stereocenters. The van der Waals surface area contributed by atoms with Gasteiger partial charge in [-0.2, -0.15) is 0 Å². The number of halogens is 1. The van der Waals surface area contributed by atoms with E-state index in [0.29, 0.717) is 5.92 Å². The molecule has 0 aromatic carbocycles. The van der Waals surface area contributed by atoms with E-state index < -0.39 is 0 Å². The molecule has 0 radical (unpaired) electrons. The average molecular weight is 221 g/mol. The van der Waals surface area contributed by atoms with Crippen molar-refractivity contribution in [3.63, 3.8) is 0 Å². The van der Waals surface area contributed by atoms with Gasteiger partial charge in [0.2, 0.25) is 0 Å². The second kappa shape index (κ2) is 4.10. The molecule has 3 heteroatoms. The van der Waals surface area contributed by atoms with Crippen molar-refractivity contribution in [3.05, 3.63) is 0 Å². The number of ether oxygens (including phenoxy) is 1. The molecule has 64 valence electrons. The van der Waals surface area contributed by atoms with Crippen molar-refractivity contribution < 1.29 is 9.53 Å². The number of carbonyl (C=O) groups excluding carboxylic acids is 1. The predicted molar refractivity (Wildman–Crippen MR) is 46.6 cm³/mol. The SMILES string of the molecule is COC(=O)[C@@H]1CC[C@@H](CBr)C1. The number of esters is 1. The fraction of sp³-hybridized carbons (Fsp3) is 0.875. The molecule has 1 rings (SSSR count). The Morgan fingerprint density at radius 1 is 1.64 bits per heavy atom. The number of hydrogen-bond acceptors (Lipinski definition) is 2. The molecule has 11 heavy (non-hydrogen) atoms. The molecule has 0 N–H and O–H groups in total. The average Bonchev–Trinajstić information content (AvgIpc) is 2.50. The normalized spacial score (nSPS) is 30.4. The molecule has 1 fully saturated rings. The first-order valence-corrected chi connectivity index (χ1v) is 5.04. The van der Waals surface area contributed by atoms with Crippen LogP contribution in [0, 0.1) is 11.8 Å². The molecule has 1 saturated carbocycles. The van der Waals surface area contributed by atoms with Gasteiger partial charge in [0.05, 0.1) is 13.0 Å². The molecule has 0 saturated heterocycles. The summed E-state index contributed by atoms with van der Waals surface area (Å²) in [6.45, 7) is 0. The third-order valence-electron chi connectivity index (χ3n) is 2.29. The number of hydrogen-bond donors (Lipinski definition) is 0. The van der Waals surface area contributed by atoms with Crippen LogP contribution < -0.4 is 0 Å². The number of alkyl halides is 1. The lowest BCUT2D eigenvalue weighted by atomic mass is 10.1. The fourth-order valence-electron chi connectivity index (χ4n) is 1.60. The summed E-state index contributed by atoms with van der Waals surface area (Å²) >= 11 is 3.42. The van der Waals surface area contributed by atoms with Crippen LogP contribution in [-0.2, 0) is 9.53 Å². The Balaban J connectivity index is 2.35. The number of rotatable bonds is 2. The molecule has 0 heterocycles. The smallest absolute Gasteiger partial charge is 0.308 e. The largest absolute Gasteiger partial charge is 0.469 e. The van der Waals surface area contributed by atoms with Crippen molar-refractivity contribution in [1.82, 2.24) is 0 Å². The summed E-state index contributed by atoms with van der Waals surface area (Å²) in [5.41, 5.74) is 0. The zero-order valence-corrected chi connectivity index (χ0v) is 8.26. The standard InChI is InChI=1S/C8H13BrO2/c1-11-8(10)7-3-2-6(4-7)5-9/h6-7H,2-5H2,1H3/t6-,7-/m1/s1. The molecule has 2 nitrogen and oxygen atoms in total. The molecule has 0 aliphatic heterocycles. The summed E-state index contributed by atoms with van der Waals surface area (Å²) < 4.78 is 4.67. The molecule has 0 unspecified atom stereocenters. The van der Waals surface area contributed by atoms with Crippen LogP contribution >= 0.6 is 15.9 Å². The molecule has 0 amide bonds. The summed E-state index contributed by atoms with van der Waals surface area (Å²) in [7, 11) is 1.46. The Labute approximate surface area is 75.4 Å². The summed E-state index contributed by atoms with van der Waals surface area (Å²) in [5, 5.41) is 1.01. The van der Waals surface area contributed by atoms with Crippen LogP contribution in [0.2, 0.25) is 0 Å². The number of methoxy groups -OCH3 is 1. The highest BCUT2D eigenvalue weighted by molar-refractivity contribution is 9.09. The third kappa shape index (κ3) is 2.19. The second-order valence-corrected chi connectivity index (χ2v) is 3.70. The molecule has 0 aromatic rings. The number of carbonyl (C=O) groups is 1. The van der Waals surface area contributed by atoms with E-state index in [0.717, 1.165) is 24.6 Å². The summed E-state index contributed by atoms with van der Waals surface area (Å²) in [6, 6.07) is 0. The van der Waals surface area contributed by atoms with Gasteiger partial charge in [-0.05, 0) is 25.2 Å². The van der Waals surface area contributed by atoms with Gasteiger partial charge >= 0.3 is 5.97 Å². The monoisotopic (exact) mass is 220 g/mol. The van der Waals surface area contributed by atoms with E-state index in [4.69, 9.17) is 0 Å². The zero-order chi connectivity index (χ0) is 8.27. The molecular weight excluding hydrogens is 208 g/mol. The van der Waals surface area contributed by atoms with Gasteiger partial charge in [-0.15, -0.1) is 0 Å². The minimum atomic E-state index is -0.0338. The van der Waals surface area contributed by atoms with Gasteiger partial charge in [0.15, 0.2) is 0 Å². The molecule has 0 aromatic heterocycles. The minimum Gasteiger partial charge on any atom is -0.469 e. The van der Waals surface area contributed by atoms with E-state index in [-0.39, 0.29) is 11.9 Å². The first kappa shape index (κ1) is 9.04. The Hall–Kier alpha value is -0.0500. The fourth-order valence-corrected chi connectivity index (χ4v) is 2.18. The van der Waals surface area contributed by atoms with Gasteiger partial charge < -0.3 is 4.74 Å². The van der Waals surface area contributed by atoms with E-state index in [1.54, 1.807) is 0 Å². The Morgan fingerprint density at radius 3 is 2.82 bits per heavy atom. The second-order valence-electron chi connectivity index (χ2n) is 3.05. The Morgan fingerprint density at radius 2 is 2.36 bits per heavy atom. The summed E-state index contributed by atoms with van der Waals surface area (Å²) in [4.78, 5) is 11.0. The Bertz CT molecular complexity index is 147. The van der Waals surface area contributed by atoms with Crippen LogP contribution in [0.1, 0.15) is 19.3 Å². The van der Waals surface area contributed by atoms with Gasteiger partial charge in [-0.25, -0.2) is 0 Å². The maximum absolute atomic E-state index is 11.0. The van der Waals surface area contributed by atoms with Crippen molar-refractivity contribution in [3.8, 4) is 0 Å². The van der Waals surface area contributed by atoms with Crippen molar-refractivity contribution in [2.75, 3.05) is 12.4 Å². The first-order chi connectivity index (χ1) is 5.27. The van der Waals surface area contributed by atoms with Crippen LogP contribution in [0.4, 0.5) is 0 Å². The van der Waals surface area contributed by atoms with Gasteiger partial charge in [-0.3, -0.25) is 4.79 Å². The van der Waals surface area contributed by atoms with Crippen LogP contribution in [0.3, 0.4) is 0 Å². The van der Waals surface area contributed by atoms with Crippen molar-refractivity contribution >= 4 is 21.9 Å². The molecular formula is C8H13BrO2. The van der Waals surface area contributed by atoms with E-state index in [2.05, 4.69) is 20.7 Å². The summed E-state index contributed by atoms with van der Waals surface area (Å²) in [6.07, 6.45) is 3.16. The molecule has 0 spiro atoms. The van der Waals surface area contributed by atoms with Gasteiger partial charge in [-0.1, -0.05) is 15.9 Å². The highest BCUT2D eigenvalue weighted by Gasteiger charge is 2.29. The zero-order valence-electron chi connectivity index (χ0n) is 6.68. The van der Waals surface area contributed by atoms with Crippen LogP contribution in [-0.4, -0.2) is 18.4 Å². The van der Waals surface area contributed by atoms with Crippen molar-refractivity contribution in [2.45, 2.75) is 19.3 Å². The van der Waals surface area contributed by atoms with Crippen molar-refractivity contribution in [1.29, 1.82) is 0 Å². The summed E-state index contributed by atoms with van der Waals surface area (Å²) in [5.74, 6) is 0.815. The minimum absolute atomic E-state index is 0.0338. The quantitative estimate of drug-likeness (QED) is 0.526. The lowest BCUT2D eigenvalue weighted by Gasteiger charge is -2.06. The van der Waals surface area contributed by atoms with Crippen LogP contribution in [0.25, 0.3) is 0 Å². The van der Waals surface area contributed by atoms with Crippen LogP contribution in [0.5, 0.6) is 0 Å². The van der Waals surface area contributed by atoms with Crippen LogP contribution in [0.15, 0.2) is 0 Å². The maximum Gasteiger partial charge on any atom is 0.308 e. The lowest BCUT2D eigenvalue weighted by Crippen LogP contribution is -2.12. The van der Waals surface area contributed by atoms with E-state index in [1.807, 2.05) is 0 Å². The van der Waals surface area contributed by atoms with Crippen molar-refractivity contribution in [2.24, 2.45) is 11.8 Å². The highest BCUT2D eigenvalue weighted by Crippen LogP contribution is 2.32. The maximum atomic E-state index is 11.0. The highest BCUT2D eigenvalue weighted by atomic mass is 79.9. The van der Waals surface area contributed by atoms with Gasteiger partial charge in [0.1, 0.15) is 0 Å². The topological polar surface area (TPSA) is 26.3 Å². The van der Waals surface area contributed by atoms with E-state index in [9.17, 15) is 4.79 Å². The van der Waals surface area contributed by atoms with Gasteiger partial charge in [0, 0.05) is 5.33 Å². The lowest BCUT2D eigenvalue weighted by molar-refractivity contribution is -0.145. The van der Waals surface area contributed by atoms with E-state index in [1.165, 1.54) is 7.11 Å². The van der Waals surface area contributed by atoms with E-state index >= 15 is 0 Å². The Kier molecular flexibility index (Phi) is 3.37.